The Hall–Kier alpha value is -1.90. The molecule has 90 valence electrons. The van der Waals surface area contributed by atoms with Gasteiger partial charge in [-0.25, -0.2) is 9.38 Å². The Kier molecular flexibility index (Phi) is 4.64. The molecule has 2 nitrogen and oxygen atoms in total. The van der Waals surface area contributed by atoms with E-state index < -0.39 is 5.83 Å². The van der Waals surface area contributed by atoms with Gasteiger partial charge in [0, 0.05) is 5.70 Å². The fourth-order valence-electron chi connectivity index (χ4n) is 1.31. The van der Waals surface area contributed by atoms with Gasteiger partial charge in [0.05, 0.1) is 5.69 Å². The minimum Gasteiger partial charge on any atom is -0.342 e. The van der Waals surface area contributed by atoms with Gasteiger partial charge in [0.15, 0.2) is 11.7 Å². The van der Waals surface area contributed by atoms with Crippen LogP contribution in [0.15, 0.2) is 53.4 Å². The number of benzene rings is 1. The Labute approximate surface area is 102 Å². The molecule has 1 aromatic rings. The Bertz CT molecular complexity index is 473. The van der Waals surface area contributed by atoms with Crippen LogP contribution in [0.25, 0.3) is 0 Å². The highest BCUT2D eigenvalue weighted by atomic mass is 19.1. The fourth-order valence-corrected chi connectivity index (χ4v) is 1.31. The molecule has 0 aliphatic carbocycles. The monoisotopic (exact) mass is 232 g/mol. The molecule has 1 aromatic carbocycles. The van der Waals surface area contributed by atoms with Gasteiger partial charge in [-0.3, -0.25) is 0 Å². The molecule has 0 spiro atoms. The van der Waals surface area contributed by atoms with Gasteiger partial charge in [0.1, 0.15) is 0 Å². The first-order valence-electron chi connectivity index (χ1n) is 5.43. The average molecular weight is 232 g/mol. The van der Waals surface area contributed by atoms with Gasteiger partial charge in [-0.15, -0.1) is 0 Å². The molecule has 0 amide bonds. The molecular weight excluding hydrogens is 215 g/mol. The Morgan fingerprint density at radius 3 is 2.71 bits per heavy atom. The molecule has 1 N–H and O–H groups in total. The number of halogens is 1. The molecule has 0 aliphatic rings. The smallest absolute Gasteiger partial charge is 0.166 e. The van der Waals surface area contributed by atoms with Crippen LogP contribution in [0.1, 0.15) is 19.4 Å². The molecular formula is C14H17FN2. The van der Waals surface area contributed by atoms with Crippen LogP contribution in [0.2, 0.25) is 0 Å². The van der Waals surface area contributed by atoms with E-state index in [1.165, 1.54) is 6.08 Å². The minimum atomic E-state index is -0.394. The SMILES string of the molecule is C=C(C)NC(=Nc1cccc(C)c1)/C(F)=C\C. The maximum absolute atomic E-state index is 13.6. The van der Waals surface area contributed by atoms with E-state index in [0.717, 1.165) is 5.56 Å². The van der Waals surface area contributed by atoms with Crippen molar-refractivity contribution in [3.63, 3.8) is 0 Å². The maximum atomic E-state index is 13.6. The quantitative estimate of drug-likeness (QED) is 0.617. The molecule has 0 fully saturated rings. The summed E-state index contributed by atoms with van der Waals surface area (Å²) in [5.74, 6) is -0.208. The number of aliphatic imine (C=N–C) groups is 1. The highest BCUT2D eigenvalue weighted by Crippen LogP contribution is 2.15. The number of hydrogen-bond donors (Lipinski definition) is 1. The first-order chi connectivity index (χ1) is 8.02. The van der Waals surface area contributed by atoms with Gasteiger partial charge in [0.2, 0.25) is 0 Å². The zero-order chi connectivity index (χ0) is 12.8. The summed E-state index contributed by atoms with van der Waals surface area (Å²) < 4.78 is 13.6. The van der Waals surface area contributed by atoms with Crippen molar-refractivity contribution in [2.75, 3.05) is 0 Å². The third-order valence-electron chi connectivity index (χ3n) is 2.05. The van der Waals surface area contributed by atoms with Crippen molar-refractivity contribution in [3.05, 3.63) is 54.0 Å². The van der Waals surface area contributed by atoms with E-state index >= 15 is 0 Å². The van der Waals surface area contributed by atoms with Crippen LogP contribution in [0.5, 0.6) is 0 Å². The van der Waals surface area contributed by atoms with Gasteiger partial charge in [-0.2, -0.15) is 0 Å². The standard InChI is InChI=1S/C14H17FN2/c1-5-13(15)14(16-10(2)3)17-12-8-6-7-11(4)9-12/h5-9H,2H2,1,3-4H3,(H,16,17)/b13-5+. The topological polar surface area (TPSA) is 24.4 Å². The summed E-state index contributed by atoms with van der Waals surface area (Å²) in [6, 6.07) is 7.58. The van der Waals surface area contributed by atoms with Crippen LogP contribution in [-0.2, 0) is 0 Å². The molecule has 0 saturated heterocycles. The highest BCUT2D eigenvalue weighted by molar-refractivity contribution is 5.98. The lowest BCUT2D eigenvalue weighted by Crippen LogP contribution is -2.21. The summed E-state index contributed by atoms with van der Waals surface area (Å²) in [5.41, 5.74) is 2.45. The number of nitrogens with zero attached hydrogens (tertiary/aromatic N) is 1. The second-order valence-corrected chi connectivity index (χ2v) is 3.84. The molecule has 0 radical (unpaired) electrons. The molecule has 0 saturated carbocycles. The second-order valence-electron chi connectivity index (χ2n) is 3.84. The summed E-state index contributed by atoms with van der Waals surface area (Å²) in [5, 5.41) is 2.81. The zero-order valence-electron chi connectivity index (χ0n) is 10.4. The Morgan fingerprint density at radius 2 is 2.18 bits per heavy atom. The molecule has 0 heterocycles. The first-order valence-corrected chi connectivity index (χ1v) is 5.43. The zero-order valence-corrected chi connectivity index (χ0v) is 10.4. The van der Waals surface area contributed by atoms with Gasteiger partial charge in [0.25, 0.3) is 0 Å². The molecule has 17 heavy (non-hydrogen) atoms. The predicted molar refractivity (Wildman–Crippen MR) is 71.1 cm³/mol. The lowest BCUT2D eigenvalue weighted by Gasteiger charge is -2.07. The van der Waals surface area contributed by atoms with Crippen molar-refractivity contribution >= 4 is 11.5 Å². The first kappa shape index (κ1) is 13.2. The molecule has 0 atom stereocenters. The van der Waals surface area contributed by atoms with Crippen molar-refractivity contribution < 1.29 is 4.39 Å². The summed E-state index contributed by atoms with van der Waals surface area (Å²) in [6.45, 7) is 9.04. The molecule has 0 unspecified atom stereocenters. The van der Waals surface area contributed by atoms with Gasteiger partial charge in [-0.05, 0) is 44.5 Å². The van der Waals surface area contributed by atoms with E-state index in [2.05, 4.69) is 16.9 Å². The third kappa shape index (κ3) is 4.23. The van der Waals surface area contributed by atoms with Crippen molar-refractivity contribution in [1.29, 1.82) is 0 Å². The molecule has 0 bridgehead atoms. The van der Waals surface area contributed by atoms with Crippen molar-refractivity contribution in [2.24, 2.45) is 4.99 Å². The van der Waals surface area contributed by atoms with Gasteiger partial charge >= 0.3 is 0 Å². The van der Waals surface area contributed by atoms with E-state index in [-0.39, 0.29) is 5.84 Å². The van der Waals surface area contributed by atoms with Crippen LogP contribution in [-0.4, -0.2) is 5.84 Å². The number of allylic oxidation sites excluding steroid dienone is 2. The lowest BCUT2D eigenvalue weighted by atomic mass is 10.2. The van der Waals surface area contributed by atoms with Crippen molar-refractivity contribution in [3.8, 4) is 0 Å². The number of aryl methyl sites for hydroxylation is 1. The predicted octanol–water partition coefficient (Wildman–Crippen LogP) is 4.02. The van der Waals surface area contributed by atoms with Gasteiger partial charge < -0.3 is 5.32 Å². The van der Waals surface area contributed by atoms with E-state index in [4.69, 9.17) is 0 Å². The largest absolute Gasteiger partial charge is 0.342 e. The van der Waals surface area contributed by atoms with Crippen LogP contribution < -0.4 is 5.32 Å². The van der Waals surface area contributed by atoms with Crippen LogP contribution in [0, 0.1) is 6.92 Å². The van der Waals surface area contributed by atoms with E-state index in [9.17, 15) is 4.39 Å². The fraction of sp³-hybridized carbons (Fsp3) is 0.214. The van der Waals surface area contributed by atoms with E-state index in [0.29, 0.717) is 11.4 Å². The van der Waals surface area contributed by atoms with Gasteiger partial charge in [-0.1, -0.05) is 18.7 Å². The number of rotatable bonds is 3. The van der Waals surface area contributed by atoms with E-state index in [1.807, 2.05) is 31.2 Å². The average Bonchev–Trinajstić information content (AvgIpc) is 2.26. The molecule has 3 heteroatoms. The summed E-state index contributed by atoms with van der Waals surface area (Å²) in [6.07, 6.45) is 1.37. The molecule has 0 aliphatic heterocycles. The van der Waals surface area contributed by atoms with Crippen molar-refractivity contribution in [1.82, 2.24) is 5.32 Å². The summed E-state index contributed by atoms with van der Waals surface area (Å²) >= 11 is 0. The Morgan fingerprint density at radius 1 is 1.47 bits per heavy atom. The summed E-state index contributed by atoms with van der Waals surface area (Å²) in [7, 11) is 0. The number of amidine groups is 1. The molecule has 0 aromatic heterocycles. The van der Waals surface area contributed by atoms with Crippen LogP contribution in [0.3, 0.4) is 0 Å². The van der Waals surface area contributed by atoms with Crippen molar-refractivity contribution in [2.45, 2.75) is 20.8 Å². The second kappa shape index (κ2) is 5.99. The lowest BCUT2D eigenvalue weighted by molar-refractivity contribution is 0.672. The maximum Gasteiger partial charge on any atom is 0.166 e. The van der Waals surface area contributed by atoms with Crippen LogP contribution >= 0.6 is 0 Å². The summed E-state index contributed by atoms with van der Waals surface area (Å²) in [4.78, 5) is 4.23. The number of hydrogen-bond acceptors (Lipinski definition) is 1. The minimum absolute atomic E-state index is 0.186. The highest BCUT2D eigenvalue weighted by Gasteiger charge is 2.05. The number of nitrogens with one attached hydrogen (secondary N) is 1. The van der Waals surface area contributed by atoms with E-state index in [1.54, 1.807) is 13.8 Å². The third-order valence-corrected chi connectivity index (χ3v) is 2.05. The molecule has 1 rings (SSSR count). The normalized spacial score (nSPS) is 12.5. The van der Waals surface area contributed by atoms with Crippen LogP contribution in [0.4, 0.5) is 10.1 Å². The Balaban J connectivity index is 3.09.